The summed E-state index contributed by atoms with van der Waals surface area (Å²) in [6, 6.07) is 2.82. The molecule has 7 nitrogen and oxygen atoms in total. The lowest BCUT2D eigenvalue weighted by Gasteiger charge is -2.06. The molecule has 1 aromatic rings. The smallest absolute Gasteiger partial charge is 0.409 e. The fraction of sp³-hybridized carbons (Fsp3) is 0.300. The molecule has 1 aromatic heterocycles. The van der Waals surface area contributed by atoms with Crippen molar-refractivity contribution in [3.63, 3.8) is 0 Å². The van der Waals surface area contributed by atoms with Gasteiger partial charge in [0.05, 0.1) is 18.0 Å². The van der Waals surface area contributed by atoms with Crippen LogP contribution >= 0.6 is 0 Å². The standard InChI is InChI=1S/C10H13N3O4/c1-6(14)4-12-9(15)8-3-2-7(5-11-8)13-10(16)17/h2-3,5-6,13-14H,4H2,1H3,(H,12,15)(H,16,17)/t6-/m1/s1. The lowest BCUT2D eigenvalue weighted by molar-refractivity contribution is 0.0919. The maximum absolute atomic E-state index is 11.5. The van der Waals surface area contributed by atoms with E-state index in [0.29, 0.717) is 0 Å². The van der Waals surface area contributed by atoms with Crippen LogP contribution in [0.25, 0.3) is 0 Å². The highest BCUT2D eigenvalue weighted by molar-refractivity contribution is 5.92. The molecule has 4 N–H and O–H groups in total. The SMILES string of the molecule is C[C@@H](O)CNC(=O)c1ccc(NC(=O)O)cn1. The number of anilines is 1. The molecule has 1 rings (SSSR count). The highest BCUT2D eigenvalue weighted by Gasteiger charge is 2.08. The summed E-state index contributed by atoms with van der Waals surface area (Å²) in [6.45, 7) is 1.68. The monoisotopic (exact) mass is 239 g/mol. The summed E-state index contributed by atoms with van der Waals surface area (Å²) in [6.07, 6.45) is -0.587. The van der Waals surface area contributed by atoms with Gasteiger partial charge in [0.2, 0.25) is 0 Å². The van der Waals surface area contributed by atoms with Crippen LogP contribution in [0.4, 0.5) is 10.5 Å². The van der Waals surface area contributed by atoms with Crippen molar-refractivity contribution in [2.24, 2.45) is 0 Å². The van der Waals surface area contributed by atoms with Crippen LogP contribution in [0.3, 0.4) is 0 Å². The first kappa shape index (κ1) is 12.9. The molecule has 0 aliphatic rings. The number of aromatic nitrogens is 1. The van der Waals surface area contributed by atoms with E-state index in [1.165, 1.54) is 18.3 Å². The number of carbonyl (C=O) groups is 2. The van der Waals surface area contributed by atoms with E-state index < -0.39 is 18.1 Å². The molecule has 0 unspecified atom stereocenters. The molecule has 0 bridgehead atoms. The Labute approximate surface area is 97.5 Å². The molecule has 2 amide bonds. The summed E-state index contributed by atoms with van der Waals surface area (Å²) < 4.78 is 0. The molecule has 0 radical (unpaired) electrons. The van der Waals surface area contributed by atoms with E-state index in [1.54, 1.807) is 6.92 Å². The third-order valence-corrected chi connectivity index (χ3v) is 1.81. The number of pyridine rings is 1. The van der Waals surface area contributed by atoms with Gasteiger partial charge in [-0.1, -0.05) is 0 Å². The second-order valence-electron chi connectivity index (χ2n) is 3.42. The lowest BCUT2D eigenvalue weighted by Crippen LogP contribution is -2.31. The highest BCUT2D eigenvalue weighted by Crippen LogP contribution is 2.05. The van der Waals surface area contributed by atoms with Gasteiger partial charge in [0.25, 0.3) is 5.91 Å². The highest BCUT2D eigenvalue weighted by atomic mass is 16.4. The number of rotatable bonds is 4. The van der Waals surface area contributed by atoms with E-state index in [2.05, 4.69) is 15.6 Å². The van der Waals surface area contributed by atoms with Crippen LogP contribution in [-0.4, -0.2) is 39.8 Å². The number of nitrogens with one attached hydrogen (secondary N) is 2. The normalized spacial score (nSPS) is 11.6. The second kappa shape index (κ2) is 5.80. The molecule has 1 heterocycles. The van der Waals surface area contributed by atoms with Crippen LogP contribution in [0, 0.1) is 0 Å². The minimum atomic E-state index is -1.20. The van der Waals surface area contributed by atoms with Gasteiger partial charge in [-0.05, 0) is 19.1 Å². The predicted molar refractivity (Wildman–Crippen MR) is 59.9 cm³/mol. The van der Waals surface area contributed by atoms with E-state index in [4.69, 9.17) is 10.2 Å². The zero-order chi connectivity index (χ0) is 12.8. The number of carboxylic acid groups (broad SMARTS) is 1. The maximum atomic E-state index is 11.5. The van der Waals surface area contributed by atoms with Crippen molar-refractivity contribution in [3.8, 4) is 0 Å². The Hall–Kier alpha value is -2.15. The fourth-order valence-electron chi connectivity index (χ4n) is 1.06. The molecule has 0 saturated heterocycles. The van der Waals surface area contributed by atoms with Crippen LogP contribution in [0.2, 0.25) is 0 Å². The summed E-state index contributed by atoms with van der Waals surface area (Å²) in [7, 11) is 0. The Balaban J connectivity index is 2.60. The van der Waals surface area contributed by atoms with E-state index >= 15 is 0 Å². The van der Waals surface area contributed by atoms with Gasteiger partial charge >= 0.3 is 6.09 Å². The van der Waals surface area contributed by atoms with E-state index in [1.807, 2.05) is 0 Å². The Kier molecular flexibility index (Phi) is 4.41. The van der Waals surface area contributed by atoms with Crippen LogP contribution in [0.15, 0.2) is 18.3 Å². The van der Waals surface area contributed by atoms with Gasteiger partial charge in [-0.3, -0.25) is 10.1 Å². The molecule has 0 aliphatic carbocycles. The van der Waals surface area contributed by atoms with Gasteiger partial charge in [-0.2, -0.15) is 0 Å². The van der Waals surface area contributed by atoms with Gasteiger partial charge in [-0.15, -0.1) is 0 Å². The van der Waals surface area contributed by atoms with Crippen molar-refractivity contribution in [1.29, 1.82) is 0 Å². The van der Waals surface area contributed by atoms with Crippen molar-refractivity contribution in [1.82, 2.24) is 10.3 Å². The van der Waals surface area contributed by atoms with Gasteiger partial charge in [-0.25, -0.2) is 9.78 Å². The zero-order valence-corrected chi connectivity index (χ0v) is 9.17. The fourth-order valence-corrected chi connectivity index (χ4v) is 1.06. The van der Waals surface area contributed by atoms with Crippen LogP contribution < -0.4 is 10.6 Å². The first-order chi connectivity index (χ1) is 7.99. The van der Waals surface area contributed by atoms with Gasteiger partial charge in [0.1, 0.15) is 5.69 Å². The molecule has 92 valence electrons. The number of amides is 2. The molecule has 0 spiro atoms. The first-order valence-electron chi connectivity index (χ1n) is 4.91. The lowest BCUT2D eigenvalue weighted by atomic mass is 10.3. The van der Waals surface area contributed by atoms with Crippen LogP contribution in [0.5, 0.6) is 0 Å². The van der Waals surface area contributed by atoms with Crippen molar-refractivity contribution in [3.05, 3.63) is 24.0 Å². The van der Waals surface area contributed by atoms with E-state index in [-0.39, 0.29) is 17.9 Å². The third-order valence-electron chi connectivity index (χ3n) is 1.81. The summed E-state index contributed by atoms with van der Waals surface area (Å²) in [4.78, 5) is 25.6. The number of hydrogen-bond acceptors (Lipinski definition) is 4. The minimum absolute atomic E-state index is 0.135. The molecule has 0 aliphatic heterocycles. The molecule has 0 saturated carbocycles. The number of hydrogen-bond donors (Lipinski definition) is 4. The Morgan fingerprint density at radius 1 is 1.47 bits per heavy atom. The van der Waals surface area contributed by atoms with Crippen LogP contribution in [-0.2, 0) is 0 Å². The van der Waals surface area contributed by atoms with Crippen molar-refractivity contribution < 1.29 is 19.8 Å². The second-order valence-corrected chi connectivity index (χ2v) is 3.42. The predicted octanol–water partition coefficient (Wildman–Crippen LogP) is 0.282. The zero-order valence-electron chi connectivity index (χ0n) is 9.17. The van der Waals surface area contributed by atoms with Gasteiger partial charge in [0.15, 0.2) is 0 Å². The molecule has 7 heteroatoms. The molecule has 1 atom stereocenters. The number of nitrogens with zero attached hydrogens (tertiary/aromatic N) is 1. The largest absolute Gasteiger partial charge is 0.465 e. The average Bonchev–Trinajstić information content (AvgIpc) is 2.26. The van der Waals surface area contributed by atoms with Crippen LogP contribution in [0.1, 0.15) is 17.4 Å². The summed E-state index contributed by atoms with van der Waals surface area (Å²) in [5, 5.41) is 22.0. The Morgan fingerprint density at radius 2 is 2.18 bits per heavy atom. The molecule has 0 aromatic carbocycles. The summed E-state index contributed by atoms with van der Waals surface area (Å²) in [5.41, 5.74) is 0.436. The quantitative estimate of drug-likeness (QED) is 0.603. The van der Waals surface area contributed by atoms with Crippen molar-refractivity contribution in [2.75, 3.05) is 11.9 Å². The summed E-state index contributed by atoms with van der Waals surface area (Å²) >= 11 is 0. The number of aliphatic hydroxyl groups excluding tert-OH is 1. The first-order valence-corrected chi connectivity index (χ1v) is 4.91. The van der Waals surface area contributed by atoms with E-state index in [9.17, 15) is 9.59 Å². The van der Waals surface area contributed by atoms with Crippen molar-refractivity contribution in [2.45, 2.75) is 13.0 Å². The molecule has 17 heavy (non-hydrogen) atoms. The summed E-state index contributed by atoms with van der Waals surface area (Å²) in [5.74, 6) is -0.423. The average molecular weight is 239 g/mol. The van der Waals surface area contributed by atoms with Gasteiger partial charge in [0, 0.05) is 6.54 Å². The number of carbonyl (C=O) groups excluding carboxylic acids is 1. The molecular weight excluding hydrogens is 226 g/mol. The third kappa shape index (κ3) is 4.47. The van der Waals surface area contributed by atoms with Gasteiger partial charge < -0.3 is 15.5 Å². The Bertz CT molecular complexity index is 403. The Morgan fingerprint density at radius 3 is 2.65 bits per heavy atom. The molecule has 0 fully saturated rings. The molecular formula is C10H13N3O4. The maximum Gasteiger partial charge on any atom is 0.409 e. The van der Waals surface area contributed by atoms with Crippen molar-refractivity contribution >= 4 is 17.7 Å². The number of aliphatic hydroxyl groups is 1. The minimum Gasteiger partial charge on any atom is -0.465 e. The van der Waals surface area contributed by atoms with E-state index in [0.717, 1.165) is 0 Å². The topological polar surface area (TPSA) is 112 Å².